The lowest BCUT2D eigenvalue weighted by Crippen LogP contribution is -2.41. The number of aromatic nitrogens is 1. The van der Waals surface area contributed by atoms with E-state index < -0.39 is 5.91 Å². The number of ether oxygens (including phenoxy) is 1. The Bertz CT molecular complexity index is 448. The number of carbonyl (C=O) groups excluding carboxylic acids is 1. The second kappa shape index (κ2) is 5.35. The van der Waals surface area contributed by atoms with Crippen LogP contribution >= 0.6 is 0 Å². The molecule has 1 aliphatic rings. The van der Waals surface area contributed by atoms with Crippen LogP contribution in [-0.4, -0.2) is 23.0 Å². The Morgan fingerprint density at radius 3 is 2.78 bits per heavy atom. The molecule has 0 aromatic carbocycles. The number of rotatable bonds is 3. The Morgan fingerprint density at radius 2 is 2.11 bits per heavy atom. The zero-order chi connectivity index (χ0) is 13.1. The Kier molecular flexibility index (Phi) is 3.81. The molecule has 1 fully saturated rings. The number of amides is 1. The smallest absolute Gasteiger partial charge is 0.248 e. The first-order chi connectivity index (χ1) is 8.56. The fourth-order valence-corrected chi connectivity index (χ4v) is 2.27. The van der Waals surface area contributed by atoms with Crippen LogP contribution in [0.1, 0.15) is 41.7 Å². The van der Waals surface area contributed by atoms with E-state index in [1.807, 2.05) is 0 Å². The van der Waals surface area contributed by atoms with Gasteiger partial charge in [-0.1, -0.05) is 6.42 Å². The maximum absolute atomic E-state index is 11.2. The SMILES string of the molecule is Cc1cc(C(N)=O)cc(OC2CCCCC2N)n1. The van der Waals surface area contributed by atoms with E-state index in [0.29, 0.717) is 17.1 Å². The van der Waals surface area contributed by atoms with Crippen molar-refractivity contribution >= 4 is 5.91 Å². The van der Waals surface area contributed by atoms with Crippen molar-refractivity contribution in [2.45, 2.75) is 44.8 Å². The van der Waals surface area contributed by atoms with E-state index in [-0.39, 0.29) is 12.1 Å². The van der Waals surface area contributed by atoms with E-state index in [9.17, 15) is 4.79 Å². The number of aryl methyl sites for hydroxylation is 1. The van der Waals surface area contributed by atoms with Crippen molar-refractivity contribution in [2.24, 2.45) is 11.5 Å². The molecule has 18 heavy (non-hydrogen) atoms. The molecule has 5 heteroatoms. The number of nitrogens with zero attached hydrogens (tertiary/aromatic N) is 1. The molecule has 1 aromatic heterocycles. The maximum atomic E-state index is 11.2. The van der Waals surface area contributed by atoms with Gasteiger partial charge in [-0.3, -0.25) is 4.79 Å². The summed E-state index contributed by atoms with van der Waals surface area (Å²) >= 11 is 0. The van der Waals surface area contributed by atoms with Crippen LogP contribution in [0.3, 0.4) is 0 Å². The molecule has 0 aliphatic heterocycles. The van der Waals surface area contributed by atoms with Crippen molar-refractivity contribution in [3.05, 3.63) is 23.4 Å². The lowest BCUT2D eigenvalue weighted by atomic mass is 9.93. The van der Waals surface area contributed by atoms with Gasteiger partial charge in [0.25, 0.3) is 0 Å². The van der Waals surface area contributed by atoms with Crippen LogP contribution in [0.5, 0.6) is 5.88 Å². The number of nitrogens with two attached hydrogens (primary N) is 2. The summed E-state index contributed by atoms with van der Waals surface area (Å²) in [4.78, 5) is 15.4. The van der Waals surface area contributed by atoms with Gasteiger partial charge in [-0.15, -0.1) is 0 Å². The minimum atomic E-state index is -0.474. The van der Waals surface area contributed by atoms with Crippen LogP contribution in [0, 0.1) is 6.92 Å². The molecule has 1 heterocycles. The molecule has 1 aromatic rings. The van der Waals surface area contributed by atoms with Crippen molar-refractivity contribution in [1.82, 2.24) is 4.98 Å². The predicted octanol–water partition coefficient (Wildman–Crippen LogP) is 1.14. The molecular formula is C13H19N3O2. The highest BCUT2D eigenvalue weighted by atomic mass is 16.5. The van der Waals surface area contributed by atoms with Crippen molar-refractivity contribution in [3.63, 3.8) is 0 Å². The third-order valence-corrected chi connectivity index (χ3v) is 3.24. The van der Waals surface area contributed by atoms with Gasteiger partial charge in [0, 0.05) is 23.4 Å². The minimum Gasteiger partial charge on any atom is -0.473 e. The molecular weight excluding hydrogens is 230 g/mol. The average molecular weight is 249 g/mol. The topological polar surface area (TPSA) is 91.2 Å². The predicted molar refractivity (Wildman–Crippen MR) is 68.4 cm³/mol. The zero-order valence-electron chi connectivity index (χ0n) is 10.6. The van der Waals surface area contributed by atoms with Crippen molar-refractivity contribution < 1.29 is 9.53 Å². The zero-order valence-corrected chi connectivity index (χ0v) is 10.6. The molecule has 0 saturated heterocycles. The van der Waals surface area contributed by atoms with Crippen molar-refractivity contribution in [2.75, 3.05) is 0 Å². The first kappa shape index (κ1) is 12.8. The standard InChI is InChI=1S/C13H19N3O2/c1-8-6-9(13(15)17)7-12(16-8)18-11-5-3-2-4-10(11)14/h6-7,10-11H,2-5,14H2,1H3,(H2,15,17). The molecule has 0 radical (unpaired) electrons. The number of pyridine rings is 1. The summed E-state index contributed by atoms with van der Waals surface area (Å²) in [5.41, 5.74) is 12.4. The summed E-state index contributed by atoms with van der Waals surface area (Å²) in [7, 11) is 0. The summed E-state index contributed by atoms with van der Waals surface area (Å²) in [6, 6.07) is 3.27. The summed E-state index contributed by atoms with van der Waals surface area (Å²) in [5.74, 6) is -0.0376. The van der Waals surface area contributed by atoms with Gasteiger partial charge in [-0.25, -0.2) is 4.98 Å². The van der Waals surface area contributed by atoms with Crippen LogP contribution in [0.4, 0.5) is 0 Å². The van der Waals surface area contributed by atoms with E-state index in [0.717, 1.165) is 25.7 Å². The largest absolute Gasteiger partial charge is 0.473 e. The molecule has 5 nitrogen and oxygen atoms in total. The highest BCUT2D eigenvalue weighted by Crippen LogP contribution is 2.22. The third-order valence-electron chi connectivity index (χ3n) is 3.24. The molecule has 4 N–H and O–H groups in total. The molecule has 1 saturated carbocycles. The maximum Gasteiger partial charge on any atom is 0.248 e. The molecule has 2 unspecified atom stereocenters. The van der Waals surface area contributed by atoms with Crippen molar-refractivity contribution in [1.29, 1.82) is 0 Å². The second-order valence-electron chi connectivity index (χ2n) is 4.80. The van der Waals surface area contributed by atoms with E-state index >= 15 is 0 Å². The van der Waals surface area contributed by atoms with Crippen LogP contribution in [-0.2, 0) is 0 Å². The van der Waals surface area contributed by atoms with Crippen LogP contribution in [0.15, 0.2) is 12.1 Å². The highest BCUT2D eigenvalue weighted by molar-refractivity contribution is 5.93. The fraction of sp³-hybridized carbons (Fsp3) is 0.538. The first-order valence-electron chi connectivity index (χ1n) is 6.27. The van der Waals surface area contributed by atoms with Gasteiger partial charge in [-0.05, 0) is 32.3 Å². The molecule has 2 rings (SSSR count). The summed E-state index contributed by atoms with van der Waals surface area (Å²) in [6.45, 7) is 1.81. The Balaban J connectivity index is 2.15. The van der Waals surface area contributed by atoms with Gasteiger partial charge >= 0.3 is 0 Å². The monoisotopic (exact) mass is 249 g/mol. The molecule has 98 valence electrons. The molecule has 1 aliphatic carbocycles. The lowest BCUT2D eigenvalue weighted by molar-refractivity contribution is 0.0997. The number of primary amides is 1. The van der Waals surface area contributed by atoms with Gasteiger partial charge in [0.1, 0.15) is 6.10 Å². The lowest BCUT2D eigenvalue weighted by Gasteiger charge is -2.28. The Labute approximate surface area is 107 Å². The molecule has 0 spiro atoms. The fourth-order valence-electron chi connectivity index (χ4n) is 2.27. The van der Waals surface area contributed by atoms with E-state index in [2.05, 4.69) is 4.98 Å². The first-order valence-corrected chi connectivity index (χ1v) is 6.27. The normalized spacial score (nSPS) is 23.7. The van der Waals surface area contributed by atoms with Gasteiger partial charge in [0.2, 0.25) is 11.8 Å². The minimum absolute atomic E-state index is 0.0197. The Morgan fingerprint density at radius 1 is 1.39 bits per heavy atom. The van der Waals surface area contributed by atoms with Gasteiger partial charge in [-0.2, -0.15) is 0 Å². The number of carbonyl (C=O) groups is 1. The quantitative estimate of drug-likeness (QED) is 0.840. The van der Waals surface area contributed by atoms with E-state index in [4.69, 9.17) is 16.2 Å². The average Bonchev–Trinajstić information content (AvgIpc) is 2.31. The van der Waals surface area contributed by atoms with E-state index in [1.54, 1.807) is 19.1 Å². The van der Waals surface area contributed by atoms with E-state index in [1.165, 1.54) is 0 Å². The molecule has 1 amide bonds. The third kappa shape index (κ3) is 2.98. The van der Waals surface area contributed by atoms with Gasteiger partial charge in [0.05, 0.1) is 0 Å². The second-order valence-corrected chi connectivity index (χ2v) is 4.80. The van der Waals surface area contributed by atoms with Gasteiger partial charge < -0.3 is 16.2 Å². The summed E-state index contributed by atoms with van der Waals surface area (Å²) in [6.07, 6.45) is 4.15. The number of hydrogen-bond donors (Lipinski definition) is 2. The van der Waals surface area contributed by atoms with Crippen LogP contribution in [0.2, 0.25) is 0 Å². The highest BCUT2D eigenvalue weighted by Gasteiger charge is 2.24. The van der Waals surface area contributed by atoms with Crippen LogP contribution < -0.4 is 16.2 Å². The number of hydrogen-bond acceptors (Lipinski definition) is 4. The summed E-state index contributed by atoms with van der Waals surface area (Å²) in [5, 5.41) is 0. The molecule has 0 bridgehead atoms. The van der Waals surface area contributed by atoms with Crippen molar-refractivity contribution in [3.8, 4) is 5.88 Å². The van der Waals surface area contributed by atoms with Gasteiger partial charge in [0.15, 0.2) is 0 Å². The molecule has 2 atom stereocenters. The Hall–Kier alpha value is -1.62. The summed E-state index contributed by atoms with van der Waals surface area (Å²) < 4.78 is 5.80. The van der Waals surface area contributed by atoms with Crippen LogP contribution in [0.25, 0.3) is 0 Å².